The highest BCUT2D eigenvalue weighted by Crippen LogP contribution is 2.34. The standard InChI is InChI=1S/C20H26N4O2/c1-23-11-5-7-15(19(23)16-9-10-22-24(16)2)13-21-20(25)18-12-14-6-3-4-8-17(14)26-18/h3-4,6,8-10,15,18-19H,5,7,11-13H2,1-2H3,(H,21,25)/t15-,18?,19+/m0/s1. The second kappa shape index (κ2) is 7.11. The van der Waals surface area contributed by atoms with Gasteiger partial charge in [0, 0.05) is 26.2 Å². The number of nitrogens with zero attached hydrogens (tertiary/aromatic N) is 3. The average molecular weight is 354 g/mol. The Kier molecular flexibility index (Phi) is 4.68. The minimum absolute atomic E-state index is 0.0156. The van der Waals surface area contributed by atoms with Gasteiger partial charge < -0.3 is 10.1 Å². The molecule has 0 spiro atoms. The third-order valence-corrected chi connectivity index (χ3v) is 5.65. The van der Waals surface area contributed by atoms with Gasteiger partial charge in [0.05, 0.1) is 11.7 Å². The van der Waals surface area contributed by atoms with Gasteiger partial charge in [-0.3, -0.25) is 14.4 Å². The molecule has 2 aliphatic rings. The average Bonchev–Trinajstić information content (AvgIpc) is 3.26. The molecule has 3 atom stereocenters. The van der Waals surface area contributed by atoms with Crippen LogP contribution in [0.4, 0.5) is 0 Å². The van der Waals surface area contributed by atoms with Crippen molar-refractivity contribution in [3.8, 4) is 5.75 Å². The zero-order valence-corrected chi connectivity index (χ0v) is 15.4. The molecule has 1 aromatic carbocycles. The van der Waals surface area contributed by atoms with E-state index < -0.39 is 6.10 Å². The highest BCUT2D eigenvalue weighted by molar-refractivity contribution is 5.82. The van der Waals surface area contributed by atoms with Crippen molar-refractivity contribution >= 4 is 5.91 Å². The summed E-state index contributed by atoms with van der Waals surface area (Å²) in [5, 5.41) is 7.47. The van der Waals surface area contributed by atoms with Gasteiger partial charge in [-0.1, -0.05) is 18.2 Å². The molecule has 0 radical (unpaired) electrons. The number of likely N-dealkylation sites (tertiary alicyclic amines) is 1. The molecule has 2 aliphatic heterocycles. The van der Waals surface area contributed by atoms with E-state index in [0.29, 0.717) is 18.9 Å². The number of para-hydroxylation sites is 1. The zero-order valence-electron chi connectivity index (χ0n) is 15.4. The molecule has 1 unspecified atom stereocenters. The number of aryl methyl sites for hydroxylation is 1. The Balaban J connectivity index is 1.40. The number of nitrogens with one attached hydrogen (secondary N) is 1. The first-order valence-corrected chi connectivity index (χ1v) is 9.34. The molecule has 6 heteroatoms. The summed E-state index contributed by atoms with van der Waals surface area (Å²) in [4.78, 5) is 15.0. The van der Waals surface area contributed by atoms with Crippen LogP contribution >= 0.6 is 0 Å². The number of aromatic nitrogens is 2. The fourth-order valence-electron chi connectivity index (χ4n) is 4.29. The van der Waals surface area contributed by atoms with Crippen molar-refractivity contribution in [1.82, 2.24) is 20.0 Å². The van der Waals surface area contributed by atoms with Crippen LogP contribution in [0.1, 0.15) is 30.1 Å². The van der Waals surface area contributed by atoms with Crippen LogP contribution in [0.2, 0.25) is 0 Å². The van der Waals surface area contributed by atoms with Gasteiger partial charge in [-0.15, -0.1) is 0 Å². The van der Waals surface area contributed by atoms with Crippen LogP contribution < -0.4 is 10.1 Å². The fourth-order valence-corrected chi connectivity index (χ4v) is 4.29. The first-order chi connectivity index (χ1) is 12.6. The molecule has 0 aliphatic carbocycles. The van der Waals surface area contributed by atoms with Crippen LogP contribution in [0.5, 0.6) is 5.75 Å². The molecular weight excluding hydrogens is 328 g/mol. The molecule has 2 aromatic rings. The number of fused-ring (bicyclic) bond motifs is 1. The summed E-state index contributed by atoms with van der Waals surface area (Å²) in [7, 11) is 4.14. The van der Waals surface area contributed by atoms with Gasteiger partial charge in [-0.2, -0.15) is 5.10 Å². The lowest BCUT2D eigenvalue weighted by atomic mass is 9.87. The molecule has 1 amide bonds. The van der Waals surface area contributed by atoms with Gasteiger partial charge in [-0.05, 0) is 50.0 Å². The van der Waals surface area contributed by atoms with Crippen molar-refractivity contribution in [2.24, 2.45) is 13.0 Å². The zero-order chi connectivity index (χ0) is 18.1. The number of hydrogen-bond acceptors (Lipinski definition) is 4. The highest BCUT2D eigenvalue weighted by atomic mass is 16.5. The first-order valence-electron chi connectivity index (χ1n) is 9.34. The largest absolute Gasteiger partial charge is 0.480 e. The van der Waals surface area contributed by atoms with Crippen LogP contribution in [-0.2, 0) is 18.3 Å². The number of piperidine rings is 1. The number of benzene rings is 1. The molecule has 0 saturated carbocycles. The van der Waals surface area contributed by atoms with E-state index in [0.717, 1.165) is 30.7 Å². The first kappa shape index (κ1) is 17.1. The minimum atomic E-state index is -0.413. The molecular formula is C20H26N4O2. The summed E-state index contributed by atoms with van der Waals surface area (Å²) < 4.78 is 7.75. The molecule has 4 rings (SSSR count). The molecule has 26 heavy (non-hydrogen) atoms. The predicted octanol–water partition coefficient (Wildman–Crippen LogP) is 1.92. The van der Waals surface area contributed by atoms with Crippen molar-refractivity contribution < 1.29 is 9.53 Å². The van der Waals surface area contributed by atoms with Crippen LogP contribution in [-0.4, -0.2) is 46.8 Å². The monoisotopic (exact) mass is 354 g/mol. The SMILES string of the molecule is CN1CCC[C@@H](CNC(=O)C2Cc3ccccc3O2)[C@@H]1c1ccnn1C. The van der Waals surface area contributed by atoms with E-state index in [2.05, 4.69) is 28.4 Å². The number of ether oxygens (including phenoxy) is 1. The maximum absolute atomic E-state index is 12.6. The van der Waals surface area contributed by atoms with Crippen molar-refractivity contribution in [3.63, 3.8) is 0 Å². The summed E-state index contributed by atoms with van der Waals surface area (Å²) in [6, 6.07) is 10.2. The van der Waals surface area contributed by atoms with Crippen LogP contribution in [0.3, 0.4) is 0 Å². The number of carbonyl (C=O) groups excluding carboxylic acids is 1. The minimum Gasteiger partial charge on any atom is -0.480 e. The van der Waals surface area contributed by atoms with E-state index >= 15 is 0 Å². The number of amides is 1. The molecule has 1 N–H and O–H groups in total. The highest BCUT2D eigenvalue weighted by Gasteiger charge is 2.34. The summed E-state index contributed by atoms with van der Waals surface area (Å²) >= 11 is 0. The van der Waals surface area contributed by atoms with Crippen LogP contribution in [0.25, 0.3) is 0 Å². The predicted molar refractivity (Wildman–Crippen MR) is 98.9 cm³/mol. The van der Waals surface area contributed by atoms with Gasteiger partial charge >= 0.3 is 0 Å². The lowest BCUT2D eigenvalue weighted by Gasteiger charge is -2.39. The number of rotatable bonds is 4. The molecule has 1 aromatic heterocycles. The molecule has 3 heterocycles. The van der Waals surface area contributed by atoms with E-state index in [9.17, 15) is 4.79 Å². The Bertz CT molecular complexity index is 763. The van der Waals surface area contributed by atoms with Gasteiger partial charge in [0.1, 0.15) is 5.75 Å². The van der Waals surface area contributed by atoms with Gasteiger partial charge in [0.25, 0.3) is 5.91 Å². The Morgan fingerprint density at radius 3 is 2.92 bits per heavy atom. The number of carbonyl (C=O) groups is 1. The quantitative estimate of drug-likeness (QED) is 0.911. The molecule has 1 saturated heterocycles. The van der Waals surface area contributed by atoms with Crippen molar-refractivity contribution in [3.05, 3.63) is 47.8 Å². The lowest BCUT2D eigenvalue weighted by molar-refractivity contribution is -0.127. The smallest absolute Gasteiger partial charge is 0.261 e. The topological polar surface area (TPSA) is 59.4 Å². The van der Waals surface area contributed by atoms with Gasteiger partial charge in [0.2, 0.25) is 0 Å². The third-order valence-electron chi connectivity index (χ3n) is 5.65. The molecule has 1 fully saturated rings. The van der Waals surface area contributed by atoms with Crippen molar-refractivity contribution in [1.29, 1.82) is 0 Å². The molecule has 138 valence electrons. The Hall–Kier alpha value is -2.34. The van der Waals surface area contributed by atoms with Crippen molar-refractivity contribution in [2.45, 2.75) is 31.4 Å². The molecule has 0 bridgehead atoms. The van der Waals surface area contributed by atoms with Crippen LogP contribution in [0, 0.1) is 5.92 Å². The van der Waals surface area contributed by atoms with E-state index in [1.807, 2.05) is 42.2 Å². The maximum Gasteiger partial charge on any atom is 0.261 e. The third kappa shape index (κ3) is 3.21. The van der Waals surface area contributed by atoms with Crippen LogP contribution in [0.15, 0.2) is 36.5 Å². The molecule has 6 nitrogen and oxygen atoms in total. The summed E-state index contributed by atoms with van der Waals surface area (Å²) in [6.45, 7) is 1.73. The Morgan fingerprint density at radius 2 is 2.15 bits per heavy atom. The van der Waals surface area contributed by atoms with E-state index in [-0.39, 0.29) is 11.9 Å². The second-order valence-corrected chi connectivity index (χ2v) is 7.37. The second-order valence-electron chi connectivity index (χ2n) is 7.37. The summed E-state index contributed by atoms with van der Waals surface area (Å²) in [5.74, 6) is 1.19. The van der Waals surface area contributed by atoms with E-state index in [1.54, 1.807) is 0 Å². The van der Waals surface area contributed by atoms with E-state index in [4.69, 9.17) is 4.74 Å². The maximum atomic E-state index is 12.6. The van der Waals surface area contributed by atoms with Gasteiger partial charge in [0.15, 0.2) is 6.10 Å². The van der Waals surface area contributed by atoms with Crippen molar-refractivity contribution in [2.75, 3.05) is 20.1 Å². The number of hydrogen-bond donors (Lipinski definition) is 1. The summed E-state index contributed by atoms with van der Waals surface area (Å²) in [6.07, 6.45) is 4.33. The Morgan fingerprint density at radius 1 is 1.31 bits per heavy atom. The lowest BCUT2D eigenvalue weighted by Crippen LogP contribution is -2.45. The Labute approximate surface area is 154 Å². The van der Waals surface area contributed by atoms with E-state index in [1.165, 1.54) is 5.69 Å². The summed E-state index contributed by atoms with van der Waals surface area (Å²) in [5.41, 5.74) is 2.31. The van der Waals surface area contributed by atoms with Gasteiger partial charge in [-0.25, -0.2) is 0 Å². The fraction of sp³-hybridized carbons (Fsp3) is 0.500. The normalized spacial score (nSPS) is 25.5.